The van der Waals surface area contributed by atoms with Gasteiger partial charge in [-0.05, 0) is 18.4 Å². The van der Waals surface area contributed by atoms with Crippen molar-refractivity contribution in [2.45, 2.75) is 12.8 Å². The number of allylic oxidation sites excluding steroid dienone is 1. The lowest BCUT2D eigenvalue weighted by Crippen LogP contribution is -2.18. The summed E-state index contributed by atoms with van der Waals surface area (Å²) < 4.78 is 4.65. The van der Waals surface area contributed by atoms with Crippen molar-refractivity contribution in [2.24, 2.45) is 5.41 Å². The molecule has 0 amide bonds. The fourth-order valence-electron chi connectivity index (χ4n) is 1.17. The Kier molecular flexibility index (Phi) is 1.85. The van der Waals surface area contributed by atoms with E-state index in [1.54, 1.807) is 6.08 Å². The minimum Gasteiger partial charge on any atom is -0.468 e. The van der Waals surface area contributed by atoms with Crippen molar-refractivity contribution in [1.82, 2.24) is 0 Å². The van der Waals surface area contributed by atoms with Gasteiger partial charge in [-0.2, -0.15) is 0 Å². The van der Waals surface area contributed by atoms with Crippen LogP contribution >= 0.6 is 0 Å². The summed E-state index contributed by atoms with van der Waals surface area (Å²) in [4.78, 5) is 11.2. The Bertz CT molecular complexity index is 212. The number of hydrogen-bond donors (Lipinski definition) is 0. The van der Waals surface area contributed by atoms with Gasteiger partial charge in [0.2, 0.25) is 0 Å². The molecular weight excluding hydrogens is 140 g/mol. The largest absolute Gasteiger partial charge is 0.468 e. The highest BCUT2D eigenvalue weighted by Gasteiger charge is 2.52. The summed E-state index contributed by atoms with van der Waals surface area (Å²) in [7, 11) is 1.40. The Labute approximate surface area is 66.5 Å². The summed E-state index contributed by atoms with van der Waals surface area (Å²) in [5.74, 6) is -0.178. The van der Waals surface area contributed by atoms with Crippen LogP contribution in [0.15, 0.2) is 24.8 Å². The Balaban J connectivity index is 2.75. The van der Waals surface area contributed by atoms with Gasteiger partial charge < -0.3 is 4.74 Å². The van der Waals surface area contributed by atoms with Crippen LogP contribution in [0, 0.1) is 5.41 Å². The van der Waals surface area contributed by atoms with Crippen LogP contribution in [-0.2, 0) is 9.53 Å². The Morgan fingerprint density at radius 2 is 2.18 bits per heavy atom. The molecule has 0 aromatic carbocycles. The summed E-state index contributed by atoms with van der Waals surface area (Å²) in [6, 6.07) is 0. The van der Waals surface area contributed by atoms with Crippen LogP contribution in [0.4, 0.5) is 0 Å². The molecule has 1 aliphatic carbocycles. The van der Waals surface area contributed by atoms with Gasteiger partial charge in [-0.1, -0.05) is 19.2 Å². The van der Waals surface area contributed by atoms with E-state index in [4.69, 9.17) is 0 Å². The lowest BCUT2D eigenvalue weighted by Gasteiger charge is -2.11. The third-order valence-corrected chi connectivity index (χ3v) is 2.19. The van der Waals surface area contributed by atoms with Crippen LogP contribution in [0.5, 0.6) is 0 Å². The summed E-state index contributed by atoms with van der Waals surface area (Å²) in [6.07, 6.45) is 3.33. The van der Waals surface area contributed by atoms with E-state index in [1.807, 2.05) is 0 Å². The Morgan fingerprint density at radius 3 is 2.45 bits per heavy atom. The number of carbonyl (C=O) groups excluding carboxylic acids is 1. The molecule has 0 aromatic rings. The first-order valence-electron chi connectivity index (χ1n) is 3.57. The van der Waals surface area contributed by atoms with E-state index in [-0.39, 0.29) is 5.97 Å². The molecule has 1 aliphatic rings. The molecule has 2 nitrogen and oxygen atoms in total. The van der Waals surface area contributed by atoms with Crippen molar-refractivity contribution >= 4 is 5.97 Å². The second kappa shape index (κ2) is 2.53. The van der Waals surface area contributed by atoms with Crippen LogP contribution in [-0.4, -0.2) is 13.1 Å². The quantitative estimate of drug-likeness (QED) is 0.454. The first-order valence-corrected chi connectivity index (χ1v) is 3.57. The van der Waals surface area contributed by atoms with E-state index < -0.39 is 5.41 Å². The highest BCUT2D eigenvalue weighted by atomic mass is 16.5. The molecule has 0 bridgehead atoms. The van der Waals surface area contributed by atoms with Gasteiger partial charge in [0.05, 0.1) is 12.5 Å². The molecule has 1 rings (SSSR count). The van der Waals surface area contributed by atoms with Crippen LogP contribution in [0.25, 0.3) is 0 Å². The molecule has 0 N–H and O–H groups in total. The first kappa shape index (κ1) is 8.05. The Hall–Kier alpha value is -1.05. The SMILES string of the molecule is C=CC(=C)C1(C(=O)OC)CC1. The van der Waals surface area contributed by atoms with Gasteiger partial charge in [0.1, 0.15) is 0 Å². The minimum absolute atomic E-state index is 0.178. The van der Waals surface area contributed by atoms with E-state index in [2.05, 4.69) is 17.9 Å². The fourth-order valence-corrected chi connectivity index (χ4v) is 1.17. The predicted molar refractivity (Wildman–Crippen MR) is 43.0 cm³/mol. The zero-order valence-corrected chi connectivity index (χ0v) is 6.72. The molecular formula is C9H12O2. The van der Waals surface area contributed by atoms with E-state index in [0.717, 1.165) is 18.4 Å². The Morgan fingerprint density at radius 1 is 1.64 bits per heavy atom. The van der Waals surface area contributed by atoms with E-state index in [1.165, 1.54) is 7.11 Å². The molecule has 0 aromatic heterocycles. The maximum absolute atomic E-state index is 11.2. The molecule has 0 radical (unpaired) electrons. The van der Waals surface area contributed by atoms with Gasteiger partial charge in [-0.3, -0.25) is 4.79 Å². The maximum Gasteiger partial charge on any atom is 0.316 e. The number of rotatable bonds is 3. The molecule has 1 saturated carbocycles. The molecule has 0 spiro atoms. The number of hydrogen-bond acceptors (Lipinski definition) is 2. The van der Waals surface area contributed by atoms with Gasteiger partial charge in [0, 0.05) is 0 Å². The van der Waals surface area contributed by atoms with E-state index >= 15 is 0 Å². The molecule has 0 unspecified atom stereocenters. The molecule has 1 fully saturated rings. The fraction of sp³-hybridized carbons (Fsp3) is 0.444. The number of ether oxygens (including phenoxy) is 1. The number of methoxy groups -OCH3 is 1. The van der Waals surface area contributed by atoms with E-state index in [9.17, 15) is 4.79 Å². The lowest BCUT2D eigenvalue weighted by molar-refractivity contribution is -0.145. The van der Waals surface area contributed by atoms with Crippen molar-refractivity contribution in [2.75, 3.05) is 7.11 Å². The molecule has 0 atom stereocenters. The van der Waals surface area contributed by atoms with Crippen LogP contribution < -0.4 is 0 Å². The molecule has 60 valence electrons. The van der Waals surface area contributed by atoms with Crippen molar-refractivity contribution in [3.8, 4) is 0 Å². The first-order chi connectivity index (χ1) is 5.17. The summed E-state index contributed by atoms with van der Waals surface area (Å²) in [5, 5.41) is 0. The average molecular weight is 152 g/mol. The number of esters is 1. The topological polar surface area (TPSA) is 26.3 Å². The number of carbonyl (C=O) groups is 1. The average Bonchev–Trinajstić information content (AvgIpc) is 2.82. The molecule has 0 saturated heterocycles. The predicted octanol–water partition coefficient (Wildman–Crippen LogP) is 1.68. The normalized spacial score (nSPS) is 18.6. The monoisotopic (exact) mass is 152 g/mol. The standard InChI is InChI=1S/C9H12O2/c1-4-7(2)9(5-6-9)8(10)11-3/h4H,1-2,5-6H2,3H3. The highest BCUT2D eigenvalue weighted by Crippen LogP contribution is 2.52. The van der Waals surface area contributed by atoms with Gasteiger partial charge >= 0.3 is 5.97 Å². The molecule has 2 heteroatoms. The smallest absolute Gasteiger partial charge is 0.316 e. The van der Waals surface area contributed by atoms with E-state index in [0.29, 0.717) is 0 Å². The third-order valence-electron chi connectivity index (χ3n) is 2.19. The zero-order valence-electron chi connectivity index (χ0n) is 6.72. The van der Waals surface area contributed by atoms with Gasteiger partial charge in [0.25, 0.3) is 0 Å². The minimum atomic E-state index is -0.406. The zero-order chi connectivity index (χ0) is 8.48. The molecule has 11 heavy (non-hydrogen) atoms. The second-order valence-corrected chi connectivity index (χ2v) is 2.80. The van der Waals surface area contributed by atoms with Gasteiger partial charge in [0.15, 0.2) is 0 Å². The summed E-state index contributed by atoms with van der Waals surface area (Å²) in [6.45, 7) is 7.33. The summed E-state index contributed by atoms with van der Waals surface area (Å²) in [5.41, 5.74) is 0.376. The van der Waals surface area contributed by atoms with Gasteiger partial charge in [-0.25, -0.2) is 0 Å². The second-order valence-electron chi connectivity index (χ2n) is 2.80. The van der Waals surface area contributed by atoms with Gasteiger partial charge in [-0.15, -0.1) is 0 Å². The van der Waals surface area contributed by atoms with Crippen LogP contribution in [0.3, 0.4) is 0 Å². The van der Waals surface area contributed by atoms with Crippen molar-refractivity contribution in [3.05, 3.63) is 24.8 Å². The van der Waals surface area contributed by atoms with Crippen LogP contribution in [0.1, 0.15) is 12.8 Å². The third kappa shape index (κ3) is 1.09. The van der Waals surface area contributed by atoms with Crippen molar-refractivity contribution in [1.29, 1.82) is 0 Å². The molecule has 0 aliphatic heterocycles. The van der Waals surface area contributed by atoms with Crippen LogP contribution in [0.2, 0.25) is 0 Å². The van der Waals surface area contributed by atoms with Crippen molar-refractivity contribution in [3.63, 3.8) is 0 Å². The maximum atomic E-state index is 11.2. The van der Waals surface area contributed by atoms with Crippen molar-refractivity contribution < 1.29 is 9.53 Å². The molecule has 0 heterocycles. The lowest BCUT2D eigenvalue weighted by atomic mass is 9.98. The highest BCUT2D eigenvalue weighted by molar-refractivity contribution is 5.84. The summed E-state index contributed by atoms with van der Waals surface area (Å²) >= 11 is 0.